The van der Waals surface area contributed by atoms with E-state index < -0.39 is 11.3 Å². The van der Waals surface area contributed by atoms with E-state index >= 15 is 0 Å². The second-order valence-corrected chi connectivity index (χ2v) is 6.19. The molecular weight excluding hydrogens is 282 g/mol. The SMILES string of the molecule is CN1C(=O)C[C@]2(C)C(C(N)=O)=C(c3ccccc3O)N(C)[C@H]12. The highest BCUT2D eigenvalue weighted by atomic mass is 16.3. The lowest BCUT2D eigenvalue weighted by Gasteiger charge is -2.33. The fourth-order valence-electron chi connectivity index (χ4n) is 3.96. The van der Waals surface area contributed by atoms with E-state index in [0.717, 1.165) is 0 Å². The van der Waals surface area contributed by atoms with Crippen LogP contribution in [0.25, 0.3) is 5.70 Å². The van der Waals surface area contributed by atoms with Crippen molar-refractivity contribution >= 4 is 17.5 Å². The molecule has 0 aromatic heterocycles. The molecule has 1 aromatic carbocycles. The molecule has 0 unspecified atom stereocenters. The number of carbonyl (C=O) groups is 2. The van der Waals surface area contributed by atoms with Gasteiger partial charge in [0.05, 0.1) is 11.3 Å². The zero-order valence-corrected chi connectivity index (χ0v) is 12.8. The van der Waals surface area contributed by atoms with Gasteiger partial charge in [0.2, 0.25) is 11.8 Å². The van der Waals surface area contributed by atoms with Crippen molar-refractivity contribution in [1.29, 1.82) is 0 Å². The van der Waals surface area contributed by atoms with E-state index in [4.69, 9.17) is 5.73 Å². The van der Waals surface area contributed by atoms with Gasteiger partial charge in [-0.25, -0.2) is 0 Å². The van der Waals surface area contributed by atoms with Crippen LogP contribution in [0.15, 0.2) is 29.8 Å². The Morgan fingerprint density at radius 3 is 2.55 bits per heavy atom. The number of amides is 2. The number of hydrogen-bond donors (Lipinski definition) is 2. The molecule has 2 aliphatic rings. The number of primary amides is 1. The minimum atomic E-state index is -0.677. The minimum Gasteiger partial charge on any atom is -0.507 e. The maximum absolute atomic E-state index is 12.1. The van der Waals surface area contributed by atoms with Crippen LogP contribution in [0, 0.1) is 5.41 Å². The van der Waals surface area contributed by atoms with Gasteiger partial charge in [0.25, 0.3) is 0 Å². The number of phenolic OH excluding ortho intramolecular Hbond substituents is 1. The lowest BCUT2D eigenvalue weighted by atomic mass is 9.79. The van der Waals surface area contributed by atoms with Crippen molar-refractivity contribution in [2.75, 3.05) is 14.1 Å². The molecule has 3 rings (SSSR count). The fraction of sp³-hybridized carbons (Fsp3) is 0.375. The van der Waals surface area contributed by atoms with E-state index in [1.807, 2.05) is 18.9 Å². The van der Waals surface area contributed by atoms with Crippen molar-refractivity contribution < 1.29 is 14.7 Å². The number of fused-ring (bicyclic) bond motifs is 1. The summed E-state index contributed by atoms with van der Waals surface area (Å²) in [7, 11) is 3.54. The van der Waals surface area contributed by atoms with Gasteiger partial charge in [-0.2, -0.15) is 0 Å². The Hall–Kier alpha value is -2.50. The number of aromatic hydroxyl groups is 1. The third-order valence-corrected chi connectivity index (χ3v) is 4.78. The molecule has 1 aromatic rings. The Balaban J connectivity index is 2.27. The third kappa shape index (κ3) is 1.66. The Kier molecular flexibility index (Phi) is 2.95. The number of hydrogen-bond acceptors (Lipinski definition) is 4. The summed E-state index contributed by atoms with van der Waals surface area (Å²) in [6.45, 7) is 1.88. The molecular formula is C16H19N3O3. The van der Waals surface area contributed by atoms with Gasteiger partial charge in [0.1, 0.15) is 11.9 Å². The number of benzene rings is 1. The van der Waals surface area contributed by atoms with Crippen LogP contribution in [0.1, 0.15) is 18.9 Å². The monoisotopic (exact) mass is 301 g/mol. The van der Waals surface area contributed by atoms with Gasteiger partial charge >= 0.3 is 0 Å². The molecule has 22 heavy (non-hydrogen) atoms. The fourth-order valence-corrected chi connectivity index (χ4v) is 3.96. The molecule has 0 saturated carbocycles. The normalized spacial score (nSPS) is 27.6. The van der Waals surface area contributed by atoms with Crippen molar-refractivity contribution in [3.63, 3.8) is 0 Å². The van der Waals surface area contributed by atoms with Crippen LogP contribution in [-0.2, 0) is 9.59 Å². The summed E-state index contributed by atoms with van der Waals surface area (Å²) in [4.78, 5) is 27.7. The number of likely N-dealkylation sites (tertiary alicyclic amines) is 1. The molecule has 0 spiro atoms. The standard InChI is InChI=1S/C16H19N3O3/c1-16-8-11(21)18(2)15(16)19(3)13(12(16)14(17)22)9-6-4-5-7-10(9)20/h4-7,15,20H,8H2,1-3H3,(H2,17,22)/t15-,16+/m0/s1. The molecule has 0 aliphatic carbocycles. The van der Waals surface area contributed by atoms with Crippen molar-refractivity contribution in [3.8, 4) is 5.75 Å². The summed E-state index contributed by atoms with van der Waals surface area (Å²) >= 11 is 0. The predicted octanol–water partition coefficient (Wildman–Crippen LogP) is 0.728. The summed E-state index contributed by atoms with van der Waals surface area (Å²) in [6.07, 6.45) is -0.0504. The van der Waals surface area contributed by atoms with E-state index in [9.17, 15) is 14.7 Å². The molecule has 6 nitrogen and oxygen atoms in total. The van der Waals surface area contributed by atoms with E-state index in [-0.39, 0.29) is 24.2 Å². The van der Waals surface area contributed by atoms with Gasteiger partial charge in [0.15, 0.2) is 0 Å². The van der Waals surface area contributed by atoms with Crippen molar-refractivity contribution in [2.45, 2.75) is 19.5 Å². The van der Waals surface area contributed by atoms with Crippen LogP contribution in [-0.4, -0.2) is 47.0 Å². The summed E-state index contributed by atoms with van der Waals surface area (Å²) in [5.41, 5.74) is 6.51. The zero-order valence-electron chi connectivity index (χ0n) is 12.8. The number of carbonyl (C=O) groups excluding carboxylic acids is 2. The molecule has 2 atom stereocenters. The minimum absolute atomic E-state index is 0.0190. The first-order valence-corrected chi connectivity index (χ1v) is 7.10. The number of phenols is 1. The number of nitrogens with two attached hydrogens (primary N) is 1. The maximum atomic E-state index is 12.1. The summed E-state index contributed by atoms with van der Waals surface area (Å²) in [6, 6.07) is 6.83. The topological polar surface area (TPSA) is 86.9 Å². The maximum Gasteiger partial charge on any atom is 0.247 e. The Morgan fingerprint density at radius 2 is 1.95 bits per heavy atom. The largest absolute Gasteiger partial charge is 0.507 e. The van der Waals surface area contributed by atoms with Gasteiger partial charge < -0.3 is 20.6 Å². The van der Waals surface area contributed by atoms with Crippen LogP contribution < -0.4 is 5.73 Å². The first-order valence-electron chi connectivity index (χ1n) is 7.10. The van der Waals surface area contributed by atoms with E-state index in [0.29, 0.717) is 16.8 Å². The molecule has 0 radical (unpaired) electrons. The van der Waals surface area contributed by atoms with Crippen molar-refractivity contribution in [2.24, 2.45) is 11.1 Å². The van der Waals surface area contributed by atoms with E-state index in [1.54, 1.807) is 36.2 Å². The number of nitrogens with zero attached hydrogens (tertiary/aromatic N) is 2. The first-order chi connectivity index (χ1) is 10.3. The second-order valence-electron chi connectivity index (χ2n) is 6.19. The van der Waals surface area contributed by atoms with Gasteiger partial charge in [-0.15, -0.1) is 0 Å². The molecule has 2 amide bonds. The first kappa shape index (κ1) is 14.4. The van der Waals surface area contributed by atoms with Crippen LogP contribution >= 0.6 is 0 Å². The van der Waals surface area contributed by atoms with Crippen molar-refractivity contribution in [3.05, 3.63) is 35.4 Å². The molecule has 1 saturated heterocycles. The summed E-state index contributed by atoms with van der Waals surface area (Å²) in [5.74, 6) is -0.492. The molecule has 1 fully saturated rings. The predicted molar refractivity (Wildman–Crippen MR) is 81.3 cm³/mol. The number of para-hydroxylation sites is 1. The van der Waals surface area contributed by atoms with Crippen LogP contribution in [0.5, 0.6) is 5.75 Å². The summed E-state index contributed by atoms with van der Waals surface area (Å²) in [5, 5.41) is 10.2. The molecule has 2 aliphatic heterocycles. The molecule has 116 valence electrons. The summed E-state index contributed by atoms with van der Waals surface area (Å²) < 4.78 is 0. The van der Waals surface area contributed by atoms with Gasteiger partial charge in [-0.3, -0.25) is 9.59 Å². The van der Waals surface area contributed by atoms with Crippen LogP contribution in [0.3, 0.4) is 0 Å². The number of rotatable bonds is 2. The van der Waals surface area contributed by atoms with Crippen LogP contribution in [0.4, 0.5) is 0 Å². The molecule has 0 bridgehead atoms. The Labute approximate surface area is 128 Å². The Bertz CT molecular complexity index is 712. The quantitative estimate of drug-likeness (QED) is 0.843. The lowest BCUT2D eigenvalue weighted by molar-refractivity contribution is -0.128. The van der Waals surface area contributed by atoms with Crippen molar-refractivity contribution in [1.82, 2.24) is 9.80 Å². The average Bonchev–Trinajstić information content (AvgIpc) is 2.79. The highest BCUT2D eigenvalue weighted by molar-refractivity contribution is 6.05. The molecule has 6 heteroatoms. The lowest BCUT2D eigenvalue weighted by Crippen LogP contribution is -2.44. The molecule has 3 N–H and O–H groups in total. The van der Waals surface area contributed by atoms with E-state index in [2.05, 4.69) is 0 Å². The third-order valence-electron chi connectivity index (χ3n) is 4.78. The van der Waals surface area contributed by atoms with Gasteiger partial charge in [-0.1, -0.05) is 19.1 Å². The smallest absolute Gasteiger partial charge is 0.247 e. The molecule has 2 heterocycles. The van der Waals surface area contributed by atoms with Gasteiger partial charge in [-0.05, 0) is 12.1 Å². The Morgan fingerprint density at radius 1 is 1.32 bits per heavy atom. The van der Waals surface area contributed by atoms with Crippen LogP contribution in [0.2, 0.25) is 0 Å². The zero-order chi connectivity index (χ0) is 16.2. The highest BCUT2D eigenvalue weighted by Gasteiger charge is 2.58. The highest BCUT2D eigenvalue weighted by Crippen LogP contribution is 2.54. The van der Waals surface area contributed by atoms with E-state index in [1.165, 1.54) is 0 Å². The average molecular weight is 301 g/mol. The van der Waals surface area contributed by atoms with Gasteiger partial charge in [0, 0.05) is 31.5 Å². The second kappa shape index (κ2) is 4.50.